The first-order chi connectivity index (χ1) is 6.76. The molecule has 0 aliphatic carbocycles. The summed E-state index contributed by atoms with van der Waals surface area (Å²) >= 11 is 0. The van der Waals surface area contributed by atoms with Crippen LogP contribution in [-0.2, 0) is 0 Å². The van der Waals surface area contributed by atoms with Gasteiger partial charge in [-0.2, -0.15) is 0 Å². The summed E-state index contributed by atoms with van der Waals surface area (Å²) in [6, 6.07) is 0. The first-order valence-electron chi connectivity index (χ1n) is 6.18. The van der Waals surface area contributed by atoms with Crippen LogP contribution in [0.3, 0.4) is 0 Å². The lowest BCUT2D eigenvalue weighted by atomic mass is 10.1. The van der Waals surface area contributed by atoms with Gasteiger partial charge in [0.25, 0.3) is 0 Å². The van der Waals surface area contributed by atoms with Crippen LogP contribution in [0, 0.1) is 0 Å². The van der Waals surface area contributed by atoms with Crippen molar-refractivity contribution in [3.63, 3.8) is 0 Å². The minimum absolute atomic E-state index is 0.207. The van der Waals surface area contributed by atoms with E-state index in [1.54, 1.807) is 0 Å². The van der Waals surface area contributed by atoms with Crippen molar-refractivity contribution in [2.75, 3.05) is 13.1 Å². The lowest BCUT2D eigenvalue weighted by Gasteiger charge is -2.27. The maximum absolute atomic E-state index is 9.92. The van der Waals surface area contributed by atoms with E-state index in [1.807, 2.05) is 0 Å². The summed E-state index contributed by atoms with van der Waals surface area (Å²) in [5, 5.41) is 9.92. The second-order valence-corrected chi connectivity index (χ2v) is 4.01. The van der Waals surface area contributed by atoms with E-state index in [1.165, 1.54) is 12.8 Å². The Balaban J connectivity index is 3.69. The van der Waals surface area contributed by atoms with Crippen molar-refractivity contribution in [3.8, 4) is 0 Å². The third-order valence-electron chi connectivity index (χ3n) is 2.51. The van der Waals surface area contributed by atoms with Gasteiger partial charge >= 0.3 is 0 Å². The summed E-state index contributed by atoms with van der Waals surface area (Å²) in [7, 11) is 0. The topological polar surface area (TPSA) is 23.5 Å². The smallest absolute Gasteiger partial charge is 0.107 e. The van der Waals surface area contributed by atoms with E-state index in [-0.39, 0.29) is 6.23 Å². The van der Waals surface area contributed by atoms with Gasteiger partial charge in [0.2, 0.25) is 0 Å². The quantitative estimate of drug-likeness (QED) is 0.458. The molecule has 0 aliphatic rings. The van der Waals surface area contributed by atoms with Crippen molar-refractivity contribution in [1.82, 2.24) is 4.90 Å². The Labute approximate surface area is 89.3 Å². The number of hydrogen-bond donors (Lipinski definition) is 1. The second-order valence-electron chi connectivity index (χ2n) is 4.01. The molecule has 0 spiro atoms. The van der Waals surface area contributed by atoms with E-state index < -0.39 is 0 Å². The predicted octanol–water partition coefficient (Wildman–Crippen LogP) is 3.01. The van der Waals surface area contributed by atoms with Gasteiger partial charge in [-0.05, 0) is 25.7 Å². The van der Waals surface area contributed by atoms with E-state index in [2.05, 4.69) is 25.7 Å². The van der Waals surface area contributed by atoms with Gasteiger partial charge in [-0.3, -0.25) is 4.90 Å². The average Bonchev–Trinajstić information content (AvgIpc) is 2.18. The lowest BCUT2D eigenvalue weighted by Crippen LogP contribution is -2.36. The fourth-order valence-corrected chi connectivity index (χ4v) is 1.74. The molecular weight excluding hydrogens is 174 g/mol. The van der Waals surface area contributed by atoms with Crippen molar-refractivity contribution in [3.05, 3.63) is 0 Å². The second kappa shape index (κ2) is 9.47. The van der Waals surface area contributed by atoms with Gasteiger partial charge in [0.15, 0.2) is 0 Å². The Kier molecular flexibility index (Phi) is 9.42. The zero-order chi connectivity index (χ0) is 10.8. The molecule has 86 valence electrons. The van der Waals surface area contributed by atoms with E-state index in [0.717, 1.165) is 38.8 Å². The monoisotopic (exact) mass is 201 g/mol. The summed E-state index contributed by atoms with van der Waals surface area (Å²) in [4.78, 5) is 2.20. The van der Waals surface area contributed by atoms with Crippen molar-refractivity contribution in [1.29, 1.82) is 0 Å². The number of aliphatic hydroxyl groups excluding tert-OH is 1. The van der Waals surface area contributed by atoms with Crippen LogP contribution in [0.5, 0.6) is 0 Å². The van der Waals surface area contributed by atoms with Crippen LogP contribution in [-0.4, -0.2) is 29.3 Å². The highest BCUT2D eigenvalue weighted by Gasteiger charge is 2.12. The van der Waals surface area contributed by atoms with Crippen LogP contribution in [0.1, 0.15) is 59.3 Å². The van der Waals surface area contributed by atoms with Crippen LogP contribution in [0.15, 0.2) is 0 Å². The maximum Gasteiger partial charge on any atom is 0.107 e. The Morgan fingerprint density at radius 3 is 1.93 bits per heavy atom. The summed E-state index contributed by atoms with van der Waals surface area (Å²) in [6.07, 6.45) is 6.61. The molecule has 1 N–H and O–H groups in total. The molecule has 0 aromatic heterocycles. The van der Waals surface area contributed by atoms with Crippen LogP contribution in [0.4, 0.5) is 0 Å². The van der Waals surface area contributed by atoms with Crippen LogP contribution < -0.4 is 0 Å². The summed E-state index contributed by atoms with van der Waals surface area (Å²) in [6.45, 7) is 8.59. The molecule has 0 aromatic rings. The van der Waals surface area contributed by atoms with Gasteiger partial charge in [-0.1, -0.05) is 33.6 Å². The van der Waals surface area contributed by atoms with E-state index >= 15 is 0 Å². The number of unbranched alkanes of at least 4 members (excludes halogenated alkanes) is 2. The fraction of sp³-hybridized carbons (Fsp3) is 1.00. The standard InChI is InChI=1S/C12H27NO/c1-4-7-8-9-12(14)13(10-5-2)11-6-3/h12,14H,4-11H2,1-3H3. The summed E-state index contributed by atoms with van der Waals surface area (Å²) in [5.41, 5.74) is 0. The molecule has 1 atom stereocenters. The molecule has 0 amide bonds. The Morgan fingerprint density at radius 1 is 0.929 bits per heavy atom. The van der Waals surface area contributed by atoms with Gasteiger partial charge in [-0.25, -0.2) is 0 Å². The number of aliphatic hydroxyl groups is 1. The molecule has 0 radical (unpaired) electrons. The molecule has 0 saturated heterocycles. The molecule has 0 aliphatic heterocycles. The molecule has 14 heavy (non-hydrogen) atoms. The number of rotatable bonds is 9. The van der Waals surface area contributed by atoms with Crippen LogP contribution in [0.25, 0.3) is 0 Å². The molecule has 0 heterocycles. The van der Waals surface area contributed by atoms with Crippen LogP contribution >= 0.6 is 0 Å². The minimum atomic E-state index is -0.207. The molecule has 0 fully saturated rings. The van der Waals surface area contributed by atoms with E-state index in [9.17, 15) is 5.11 Å². The highest BCUT2D eigenvalue weighted by Crippen LogP contribution is 2.08. The van der Waals surface area contributed by atoms with E-state index in [0.29, 0.717) is 0 Å². The number of hydrogen-bond acceptors (Lipinski definition) is 2. The van der Waals surface area contributed by atoms with Gasteiger partial charge in [0, 0.05) is 13.1 Å². The normalized spacial score (nSPS) is 13.5. The molecule has 1 unspecified atom stereocenters. The van der Waals surface area contributed by atoms with E-state index in [4.69, 9.17) is 0 Å². The van der Waals surface area contributed by atoms with Gasteiger partial charge in [0.1, 0.15) is 6.23 Å². The highest BCUT2D eigenvalue weighted by molar-refractivity contribution is 4.61. The summed E-state index contributed by atoms with van der Waals surface area (Å²) < 4.78 is 0. The predicted molar refractivity (Wildman–Crippen MR) is 62.3 cm³/mol. The fourth-order valence-electron chi connectivity index (χ4n) is 1.74. The highest BCUT2D eigenvalue weighted by atomic mass is 16.3. The summed E-state index contributed by atoms with van der Waals surface area (Å²) in [5.74, 6) is 0. The third kappa shape index (κ3) is 6.39. The molecule has 2 nitrogen and oxygen atoms in total. The molecular formula is C12H27NO. The maximum atomic E-state index is 9.92. The average molecular weight is 201 g/mol. The van der Waals surface area contributed by atoms with Crippen molar-refractivity contribution in [2.45, 2.75) is 65.5 Å². The Bertz CT molecular complexity index is 111. The zero-order valence-corrected chi connectivity index (χ0v) is 10.1. The zero-order valence-electron chi connectivity index (χ0n) is 10.1. The first-order valence-corrected chi connectivity index (χ1v) is 6.18. The molecule has 2 heteroatoms. The molecule has 0 saturated carbocycles. The Hall–Kier alpha value is -0.0800. The largest absolute Gasteiger partial charge is 0.378 e. The third-order valence-corrected chi connectivity index (χ3v) is 2.51. The van der Waals surface area contributed by atoms with Crippen molar-refractivity contribution < 1.29 is 5.11 Å². The van der Waals surface area contributed by atoms with Gasteiger partial charge in [0.05, 0.1) is 0 Å². The Morgan fingerprint density at radius 2 is 1.50 bits per heavy atom. The van der Waals surface area contributed by atoms with Crippen molar-refractivity contribution in [2.24, 2.45) is 0 Å². The molecule has 0 rings (SSSR count). The molecule has 0 aromatic carbocycles. The van der Waals surface area contributed by atoms with Gasteiger partial charge < -0.3 is 5.11 Å². The number of nitrogens with zero attached hydrogens (tertiary/aromatic N) is 1. The first kappa shape index (κ1) is 13.9. The SMILES string of the molecule is CCCCCC(O)N(CCC)CCC. The van der Waals surface area contributed by atoms with Crippen LogP contribution in [0.2, 0.25) is 0 Å². The van der Waals surface area contributed by atoms with Crippen molar-refractivity contribution >= 4 is 0 Å². The lowest BCUT2D eigenvalue weighted by molar-refractivity contribution is -0.00401. The molecule has 0 bridgehead atoms. The minimum Gasteiger partial charge on any atom is -0.378 e. The van der Waals surface area contributed by atoms with Gasteiger partial charge in [-0.15, -0.1) is 0 Å².